The van der Waals surface area contributed by atoms with Crippen molar-refractivity contribution in [2.45, 2.75) is 31.6 Å². The van der Waals surface area contributed by atoms with Gasteiger partial charge >= 0.3 is 5.97 Å². The van der Waals surface area contributed by atoms with Crippen LogP contribution >= 0.6 is 11.3 Å². The Hall–Kier alpha value is -1.43. The number of aromatic nitrogens is 1. The summed E-state index contributed by atoms with van der Waals surface area (Å²) >= 11 is 1.42. The number of carbonyl (C=O) groups excluding carboxylic acids is 1. The van der Waals surface area contributed by atoms with Crippen molar-refractivity contribution in [1.82, 2.24) is 9.88 Å². The van der Waals surface area contributed by atoms with Crippen molar-refractivity contribution in [1.29, 1.82) is 0 Å². The van der Waals surface area contributed by atoms with Gasteiger partial charge in [0.15, 0.2) is 5.69 Å². The molecule has 3 rings (SSSR count). The van der Waals surface area contributed by atoms with Gasteiger partial charge in [-0.1, -0.05) is 0 Å². The average Bonchev–Trinajstić information content (AvgIpc) is 3.14. The van der Waals surface area contributed by atoms with Crippen LogP contribution in [0.1, 0.15) is 47.1 Å². The molecule has 19 heavy (non-hydrogen) atoms. The number of rotatable bonds is 3. The maximum absolute atomic E-state index is 11.9. The number of piperidine rings is 1. The van der Waals surface area contributed by atoms with Gasteiger partial charge in [0.2, 0.25) is 5.91 Å². The highest BCUT2D eigenvalue weighted by Gasteiger charge is 2.35. The maximum atomic E-state index is 11.9. The number of aromatic carboxylic acids is 1. The summed E-state index contributed by atoms with van der Waals surface area (Å²) in [6, 6.07) is 0. The fourth-order valence-electron chi connectivity index (χ4n) is 2.51. The molecule has 0 radical (unpaired) electrons. The van der Waals surface area contributed by atoms with Gasteiger partial charge in [0.25, 0.3) is 0 Å². The summed E-state index contributed by atoms with van der Waals surface area (Å²) in [5.74, 6) is -0.0657. The summed E-state index contributed by atoms with van der Waals surface area (Å²) < 4.78 is 0. The lowest BCUT2D eigenvalue weighted by molar-refractivity contribution is -0.133. The van der Waals surface area contributed by atoms with E-state index in [-0.39, 0.29) is 11.6 Å². The lowest BCUT2D eigenvalue weighted by Crippen LogP contribution is -2.38. The molecule has 2 heterocycles. The van der Waals surface area contributed by atoms with E-state index in [4.69, 9.17) is 5.11 Å². The number of hydrogen-bond acceptors (Lipinski definition) is 4. The van der Waals surface area contributed by atoms with Crippen LogP contribution in [0, 0.1) is 5.92 Å². The third-order valence-electron chi connectivity index (χ3n) is 3.82. The van der Waals surface area contributed by atoms with E-state index in [1.54, 1.807) is 5.38 Å². The fourth-order valence-corrected chi connectivity index (χ4v) is 3.47. The van der Waals surface area contributed by atoms with Gasteiger partial charge in [-0.2, -0.15) is 0 Å². The predicted octanol–water partition coefficient (Wildman–Crippen LogP) is 1.96. The minimum Gasteiger partial charge on any atom is -0.476 e. The van der Waals surface area contributed by atoms with Crippen molar-refractivity contribution in [2.75, 3.05) is 13.1 Å². The van der Waals surface area contributed by atoms with Gasteiger partial charge in [-0.25, -0.2) is 9.78 Å². The standard InChI is InChI=1S/C13H16N2O3S/c16-12(9-1-2-9)15-5-3-8(4-6-15)11-14-10(7-19-11)13(17)18/h7-9H,1-6H2,(H,17,18). The Bertz CT molecular complexity index is 502. The Balaban J connectivity index is 1.59. The maximum Gasteiger partial charge on any atom is 0.355 e. The molecule has 1 aromatic heterocycles. The van der Waals surface area contributed by atoms with Crippen LogP contribution in [0.4, 0.5) is 0 Å². The summed E-state index contributed by atoms with van der Waals surface area (Å²) in [7, 11) is 0. The van der Waals surface area contributed by atoms with E-state index in [0.29, 0.717) is 11.8 Å². The van der Waals surface area contributed by atoms with Crippen molar-refractivity contribution >= 4 is 23.2 Å². The van der Waals surface area contributed by atoms with Crippen LogP contribution in [-0.2, 0) is 4.79 Å². The second kappa shape index (κ2) is 4.92. The molecule has 1 aliphatic heterocycles. The summed E-state index contributed by atoms with van der Waals surface area (Å²) in [4.78, 5) is 28.9. The van der Waals surface area contributed by atoms with Crippen LogP contribution in [0.2, 0.25) is 0 Å². The molecule has 0 bridgehead atoms. The lowest BCUT2D eigenvalue weighted by Gasteiger charge is -2.31. The quantitative estimate of drug-likeness (QED) is 0.918. The van der Waals surface area contributed by atoms with Gasteiger partial charge in [-0.15, -0.1) is 11.3 Å². The summed E-state index contributed by atoms with van der Waals surface area (Å²) in [5.41, 5.74) is 0.136. The molecule has 6 heteroatoms. The SMILES string of the molecule is O=C(O)c1csc(C2CCN(C(=O)C3CC3)CC2)n1. The number of nitrogens with zero attached hydrogens (tertiary/aromatic N) is 2. The number of amides is 1. The Morgan fingerprint density at radius 2 is 1.95 bits per heavy atom. The molecule has 1 aliphatic carbocycles. The van der Waals surface area contributed by atoms with Crippen LogP contribution in [0.5, 0.6) is 0 Å². The molecule has 102 valence electrons. The summed E-state index contributed by atoms with van der Waals surface area (Å²) in [6.45, 7) is 1.56. The van der Waals surface area contributed by atoms with E-state index in [1.165, 1.54) is 11.3 Å². The zero-order valence-electron chi connectivity index (χ0n) is 10.5. The topological polar surface area (TPSA) is 70.5 Å². The van der Waals surface area contributed by atoms with Gasteiger partial charge in [-0.3, -0.25) is 4.79 Å². The van der Waals surface area contributed by atoms with Crippen LogP contribution in [0.25, 0.3) is 0 Å². The van der Waals surface area contributed by atoms with Gasteiger partial charge < -0.3 is 10.0 Å². The molecule has 2 fully saturated rings. The van der Waals surface area contributed by atoms with Crippen LogP contribution in [-0.4, -0.2) is 40.0 Å². The fraction of sp³-hybridized carbons (Fsp3) is 0.615. The van der Waals surface area contributed by atoms with E-state index in [9.17, 15) is 9.59 Å². The van der Waals surface area contributed by atoms with Gasteiger partial charge in [-0.05, 0) is 25.7 Å². The minimum atomic E-state index is -0.969. The summed E-state index contributed by atoms with van der Waals surface area (Å²) in [5, 5.41) is 11.4. The Morgan fingerprint density at radius 3 is 2.47 bits per heavy atom. The number of thiazole rings is 1. The number of carbonyl (C=O) groups is 2. The average molecular weight is 280 g/mol. The first-order chi connectivity index (χ1) is 9.15. The van der Waals surface area contributed by atoms with Gasteiger partial charge in [0.1, 0.15) is 0 Å². The van der Waals surface area contributed by atoms with Gasteiger partial charge in [0.05, 0.1) is 5.01 Å². The second-order valence-electron chi connectivity index (χ2n) is 5.25. The van der Waals surface area contributed by atoms with Crippen molar-refractivity contribution in [2.24, 2.45) is 5.92 Å². The van der Waals surface area contributed by atoms with E-state index >= 15 is 0 Å². The zero-order chi connectivity index (χ0) is 13.4. The molecule has 1 aromatic rings. The van der Waals surface area contributed by atoms with E-state index < -0.39 is 5.97 Å². The smallest absolute Gasteiger partial charge is 0.355 e. The minimum absolute atomic E-state index is 0.136. The Labute approximate surface area is 115 Å². The molecule has 2 aliphatic rings. The van der Waals surface area contributed by atoms with Crippen molar-refractivity contribution in [3.8, 4) is 0 Å². The van der Waals surface area contributed by atoms with Crippen molar-refractivity contribution in [3.05, 3.63) is 16.1 Å². The number of likely N-dealkylation sites (tertiary alicyclic amines) is 1. The van der Waals surface area contributed by atoms with Crippen molar-refractivity contribution < 1.29 is 14.7 Å². The largest absolute Gasteiger partial charge is 0.476 e. The van der Waals surface area contributed by atoms with E-state index in [1.807, 2.05) is 4.90 Å². The molecule has 1 saturated heterocycles. The monoisotopic (exact) mass is 280 g/mol. The first-order valence-corrected chi connectivity index (χ1v) is 7.50. The molecule has 1 amide bonds. The molecule has 0 atom stereocenters. The first-order valence-electron chi connectivity index (χ1n) is 6.62. The molecular weight excluding hydrogens is 264 g/mol. The molecule has 0 unspecified atom stereocenters. The third-order valence-corrected chi connectivity index (χ3v) is 4.83. The highest BCUT2D eigenvalue weighted by atomic mass is 32.1. The molecule has 1 saturated carbocycles. The normalized spacial score (nSPS) is 20.5. The number of carboxylic acid groups (broad SMARTS) is 1. The number of hydrogen-bond donors (Lipinski definition) is 1. The van der Waals surface area contributed by atoms with E-state index in [0.717, 1.165) is 43.8 Å². The Morgan fingerprint density at radius 1 is 1.26 bits per heavy atom. The van der Waals surface area contributed by atoms with Crippen molar-refractivity contribution in [3.63, 3.8) is 0 Å². The number of carboxylic acids is 1. The predicted molar refractivity (Wildman–Crippen MR) is 70.4 cm³/mol. The summed E-state index contributed by atoms with van der Waals surface area (Å²) in [6.07, 6.45) is 3.89. The van der Waals surface area contributed by atoms with E-state index in [2.05, 4.69) is 4.98 Å². The first kappa shape index (κ1) is 12.6. The van der Waals surface area contributed by atoms with Crippen LogP contribution < -0.4 is 0 Å². The molecule has 1 N–H and O–H groups in total. The van der Waals surface area contributed by atoms with Crippen LogP contribution in [0.15, 0.2) is 5.38 Å². The highest BCUT2D eigenvalue weighted by molar-refractivity contribution is 7.09. The molecule has 5 nitrogen and oxygen atoms in total. The zero-order valence-corrected chi connectivity index (χ0v) is 11.4. The Kier molecular flexibility index (Phi) is 3.26. The molecular formula is C13H16N2O3S. The third kappa shape index (κ3) is 2.63. The second-order valence-corrected chi connectivity index (χ2v) is 6.14. The van der Waals surface area contributed by atoms with Crippen LogP contribution in [0.3, 0.4) is 0 Å². The molecule has 0 spiro atoms. The lowest BCUT2D eigenvalue weighted by atomic mass is 9.97. The van der Waals surface area contributed by atoms with Gasteiger partial charge in [0, 0.05) is 30.3 Å². The molecule has 0 aromatic carbocycles. The highest BCUT2D eigenvalue weighted by Crippen LogP contribution is 2.35.